The molecule has 0 unspecified atom stereocenters. The third-order valence-electron chi connectivity index (χ3n) is 3.32. The van der Waals surface area contributed by atoms with Crippen LogP contribution in [0.1, 0.15) is 30.0 Å². The van der Waals surface area contributed by atoms with Gasteiger partial charge < -0.3 is 5.32 Å². The number of rotatable bonds is 4. The van der Waals surface area contributed by atoms with Gasteiger partial charge in [0.05, 0.1) is 29.1 Å². The summed E-state index contributed by atoms with van der Waals surface area (Å²) in [7, 11) is 0. The molecule has 1 N–H and O–H groups in total. The molecule has 2 aromatic heterocycles. The number of nitrogens with one attached hydrogen (secondary N) is 1. The number of thiazole rings is 1. The molecule has 0 aromatic carbocycles. The Hall–Kier alpha value is -1.69. The second-order valence-electron chi connectivity index (χ2n) is 4.87. The van der Waals surface area contributed by atoms with E-state index in [2.05, 4.69) is 15.4 Å². The Morgan fingerprint density at radius 2 is 2.37 bits per heavy atom. The molecule has 1 aliphatic rings. The van der Waals surface area contributed by atoms with E-state index in [1.165, 1.54) is 23.9 Å². The van der Waals surface area contributed by atoms with Crippen LogP contribution in [0.3, 0.4) is 0 Å². The van der Waals surface area contributed by atoms with Crippen LogP contribution in [-0.2, 0) is 6.54 Å². The monoisotopic (exact) mass is 276 g/mol. The van der Waals surface area contributed by atoms with Gasteiger partial charge in [-0.05, 0) is 26.2 Å². The van der Waals surface area contributed by atoms with Crippen molar-refractivity contribution in [3.8, 4) is 0 Å². The average Bonchev–Trinajstić information content (AvgIpc) is 2.73. The van der Waals surface area contributed by atoms with E-state index in [1.54, 1.807) is 23.6 Å². The quantitative estimate of drug-likeness (QED) is 0.928. The Morgan fingerprint density at radius 1 is 1.53 bits per heavy atom. The van der Waals surface area contributed by atoms with Gasteiger partial charge in [0.1, 0.15) is 0 Å². The number of nitrogens with zero attached hydrogens (tertiary/aromatic N) is 3. The molecule has 0 amide bonds. The first-order chi connectivity index (χ1) is 9.20. The van der Waals surface area contributed by atoms with Crippen molar-refractivity contribution in [1.82, 2.24) is 14.8 Å². The van der Waals surface area contributed by atoms with E-state index < -0.39 is 0 Å². The first-order valence-electron chi connectivity index (χ1n) is 6.45. The van der Waals surface area contributed by atoms with E-state index in [9.17, 15) is 4.79 Å². The molecule has 19 heavy (non-hydrogen) atoms. The fourth-order valence-corrected chi connectivity index (χ4v) is 2.66. The molecular weight excluding hydrogens is 260 g/mol. The maximum Gasteiger partial charge on any atom is 0.269 e. The molecule has 6 heteroatoms. The Bertz CT molecular complexity index is 630. The van der Waals surface area contributed by atoms with Gasteiger partial charge in [-0.2, -0.15) is 5.10 Å². The van der Waals surface area contributed by atoms with Crippen molar-refractivity contribution >= 4 is 17.0 Å². The molecule has 1 saturated carbocycles. The van der Waals surface area contributed by atoms with Crippen LogP contribution in [0.4, 0.5) is 5.69 Å². The van der Waals surface area contributed by atoms with Crippen LogP contribution in [0.2, 0.25) is 0 Å². The van der Waals surface area contributed by atoms with E-state index in [0.717, 1.165) is 16.4 Å². The lowest BCUT2D eigenvalue weighted by molar-refractivity contribution is 0.445. The first kappa shape index (κ1) is 12.3. The molecular formula is C13H16N4OS. The summed E-state index contributed by atoms with van der Waals surface area (Å²) in [5, 5.41) is 10.5. The van der Waals surface area contributed by atoms with Crippen molar-refractivity contribution in [1.29, 1.82) is 0 Å². The second-order valence-corrected chi connectivity index (χ2v) is 5.93. The summed E-state index contributed by atoms with van der Waals surface area (Å²) in [4.78, 5) is 16.3. The van der Waals surface area contributed by atoms with Gasteiger partial charge in [0.25, 0.3) is 5.56 Å². The molecule has 0 spiro atoms. The van der Waals surface area contributed by atoms with Gasteiger partial charge in [0, 0.05) is 17.5 Å². The lowest BCUT2D eigenvalue weighted by Gasteiger charge is -2.27. The number of anilines is 1. The molecule has 0 aliphatic heterocycles. The van der Waals surface area contributed by atoms with Crippen LogP contribution in [0.25, 0.3) is 0 Å². The molecule has 5 nitrogen and oxygen atoms in total. The first-order valence-corrected chi connectivity index (χ1v) is 7.33. The van der Waals surface area contributed by atoms with Crippen LogP contribution in [0.15, 0.2) is 22.4 Å². The molecule has 0 atom stereocenters. The van der Waals surface area contributed by atoms with E-state index >= 15 is 0 Å². The van der Waals surface area contributed by atoms with Gasteiger partial charge in [0.15, 0.2) is 0 Å². The lowest BCUT2D eigenvalue weighted by atomic mass is 9.93. The zero-order chi connectivity index (χ0) is 13.2. The van der Waals surface area contributed by atoms with Gasteiger partial charge in [-0.15, -0.1) is 11.3 Å². The smallest absolute Gasteiger partial charge is 0.269 e. The third kappa shape index (κ3) is 2.84. The van der Waals surface area contributed by atoms with Crippen molar-refractivity contribution in [2.45, 2.75) is 38.8 Å². The molecule has 3 rings (SSSR count). The maximum absolute atomic E-state index is 12.0. The number of aryl methyl sites for hydroxylation is 1. The van der Waals surface area contributed by atoms with Gasteiger partial charge in [-0.25, -0.2) is 9.67 Å². The highest BCUT2D eigenvalue weighted by Crippen LogP contribution is 2.22. The molecule has 2 heterocycles. The van der Waals surface area contributed by atoms with Crippen LogP contribution in [0.5, 0.6) is 0 Å². The summed E-state index contributed by atoms with van der Waals surface area (Å²) in [6, 6.07) is 2.13. The summed E-state index contributed by atoms with van der Waals surface area (Å²) in [6.45, 7) is 2.39. The molecule has 0 saturated heterocycles. The van der Waals surface area contributed by atoms with E-state index in [-0.39, 0.29) is 5.56 Å². The van der Waals surface area contributed by atoms with Crippen molar-refractivity contribution in [3.05, 3.63) is 38.7 Å². The fourth-order valence-electron chi connectivity index (χ4n) is 2.05. The zero-order valence-electron chi connectivity index (χ0n) is 10.8. The minimum Gasteiger partial charge on any atom is -0.381 e. The highest BCUT2D eigenvalue weighted by molar-refractivity contribution is 7.09. The van der Waals surface area contributed by atoms with Crippen molar-refractivity contribution in [2.24, 2.45) is 0 Å². The van der Waals surface area contributed by atoms with Crippen LogP contribution >= 0.6 is 11.3 Å². The van der Waals surface area contributed by atoms with Gasteiger partial charge in [-0.1, -0.05) is 0 Å². The molecule has 100 valence electrons. The van der Waals surface area contributed by atoms with Crippen molar-refractivity contribution in [2.75, 3.05) is 5.32 Å². The highest BCUT2D eigenvalue weighted by Gasteiger charge is 2.17. The maximum atomic E-state index is 12.0. The SMILES string of the molecule is Cc1nc(Cn2ncc(NC3CCC3)cc2=O)cs1. The van der Waals surface area contributed by atoms with Gasteiger partial charge >= 0.3 is 0 Å². The topological polar surface area (TPSA) is 59.8 Å². The summed E-state index contributed by atoms with van der Waals surface area (Å²) in [5.74, 6) is 0. The van der Waals surface area contributed by atoms with E-state index in [1.807, 2.05) is 12.3 Å². The number of aromatic nitrogens is 3. The van der Waals surface area contributed by atoms with E-state index in [0.29, 0.717) is 12.6 Å². The predicted molar refractivity (Wildman–Crippen MR) is 75.7 cm³/mol. The Balaban J connectivity index is 1.73. The summed E-state index contributed by atoms with van der Waals surface area (Å²) in [5.41, 5.74) is 1.62. The standard InChI is InChI=1S/C13H16N4OS/c1-9-15-12(8-19-9)7-17-13(18)5-11(6-14-17)16-10-3-2-4-10/h5-6,8,10,16H,2-4,7H2,1H3. The minimum atomic E-state index is -0.0880. The predicted octanol–water partition coefficient (Wildman–Crippen LogP) is 2.02. The van der Waals surface area contributed by atoms with Crippen LogP contribution < -0.4 is 10.9 Å². The molecule has 1 aliphatic carbocycles. The molecule has 0 radical (unpaired) electrons. The van der Waals surface area contributed by atoms with Crippen molar-refractivity contribution < 1.29 is 0 Å². The van der Waals surface area contributed by atoms with Crippen LogP contribution in [0, 0.1) is 6.92 Å². The van der Waals surface area contributed by atoms with Gasteiger partial charge in [-0.3, -0.25) is 4.79 Å². The molecule has 2 aromatic rings. The highest BCUT2D eigenvalue weighted by atomic mass is 32.1. The minimum absolute atomic E-state index is 0.0880. The Kier molecular flexibility index (Phi) is 3.33. The van der Waals surface area contributed by atoms with Crippen molar-refractivity contribution in [3.63, 3.8) is 0 Å². The summed E-state index contributed by atoms with van der Waals surface area (Å²) >= 11 is 1.59. The second kappa shape index (κ2) is 5.13. The largest absolute Gasteiger partial charge is 0.381 e. The normalized spacial score (nSPS) is 15.2. The summed E-state index contributed by atoms with van der Waals surface area (Å²) in [6.07, 6.45) is 5.35. The van der Waals surface area contributed by atoms with Gasteiger partial charge in [0.2, 0.25) is 0 Å². The molecule has 1 fully saturated rings. The fraction of sp³-hybridized carbons (Fsp3) is 0.462. The third-order valence-corrected chi connectivity index (χ3v) is 4.15. The van der Waals surface area contributed by atoms with Crippen LogP contribution in [-0.4, -0.2) is 20.8 Å². The Labute approximate surface area is 115 Å². The zero-order valence-corrected chi connectivity index (χ0v) is 11.6. The average molecular weight is 276 g/mol. The number of hydrogen-bond donors (Lipinski definition) is 1. The lowest BCUT2D eigenvalue weighted by Crippen LogP contribution is -2.29. The molecule has 0 bridgehead atoms. The number of hydrogen-bond acceptors (Lipinski definition) is 5. The Morgan fingerprint density at radius 3 is 2.95 bits per heavy atom. The van der Waals surface area contributed by atoms with E-state index in [4.69, 9.17) is 0 Å². The summed E-state index contributed by atoms with van der Waals surface area (Å²) < 4.78 is 1.44.